The molecule has 2 rings (SSSR count). The minimum absolute atomic E-state index is 1.14. The minimum atomic E-state index is 1.14. The zero-order valence-electron chi connectivity index (χ0n) is 6.46. The number of aromatic nitrogens is 1. The number of hydrogen-bond acceptors (Lipinski definition) is 1. The number of nitrogens with one attached hydrogen (secondary N) is 1. The first kappa shape index (κ1) is 6.53. The summed E-state index contributed by atoms with van der Waals surface area (Å²) in [6.45, 7) is 1.14. The molecule has 1 aromatic rings. The smallest absolute Gasteiger partial charge is 0.109 e. The first-order chi connectivity index (χ1) is 5.47. The molecule has 0 unspecified atom stereocenters. The van der Waals surface area contributed by atoms with Gasteiger partial charge in [-0.15, -0.1) is 0 Å². The van der Waals surface area contributed by atoms with Crippen LogP contribution in [0.2, 0.25) is 0 Å². The van der Waals surface area contributed by atoms with Gasteiger partial charge >= 0.3 is 0 Å². The van der Waals surface area contributed by atoms with Crippen molar-refractivity contribution >= 4 is 5.82 Å². The Morgan fingerprint density at radius 1 is 1.45 bits per heavy atom. The standard InChI is InChI=1S/C9H12N2/c1-2-7-11(8-3-1)9-5-4-6-10-9/h2,4-7,10H,1,3,8H2. The highest BCUT2D eigenvalue weighted by atomic mass is 15.2. The van der Waals surface area contributed by atoms with Crippen molar-refractivity contribution in [2.45, 2.75) is 12.8 Å². The van der Waals surface area contributed by atoms with E-state index in [9.17, 15) is 0 Å². The average Bonchev–Trinajstić information content (AvgIpc) is 2.58. The quantitative estimate of drug-likeness (QED) is 0.646. The fraction of sp³-hybridized carbons (Fsp3) is 0.333. The number of anilines is 1. The van der Waals surface area contributed by atoms with Crippen molar-refractivity contribution in [3.63, 3.8) is 0 Å². The van der Waals surface area contributed by atoms with E-state index in [1.807, 2.05) is 12.3 Å². The van der Waals surface area contributed by atoms with Gasteiger partial charge in [0.1, 0.15) is 5.82 Å². The molecular formula is C9H12N2. The average molecular weight is 148 g/mol. The van der Waals surface area contributed by atoms with Crippen LogP contribution in [0.15, 0.2) is 30.6 Å². The molecule has 0 saturated heterocycles. The van der Waals surface area contributed by atoms with Gasteiger partial charge in [0, 0.05) is 18.9 Å². The Kier molecular flexibility index (Phi) is 1.68. The lowest BCUT2D eigenvalue weighted by Crippen LogP contribution is -2.19. The third kappa shape index (κ3) is 1.29. The van der Waals surface area contributed by atoms with E-state index < -0.39 is 0 Å². The summed E-state index contributed by atoms with van der Waals surface area (Å²) in [4.78, 5) is 5.42. The SMILES string of the molecule is C1=CN(c2ccc[nH]2)CCC1. The van der Waals surface area contributed by atoms with E-state index in [2.05, 4.69) is 28.2 Å². The van der Waals surface area contributed by atoms with E-state index >= 15 is 0 Å². The van der Waals surface area contributed by atoms with Crippen molar-refractivity contribution < 1.29 is 0 Å². The lowest BCUT2D eigenvalue weighted by atomic mass is 10.2. The van der Waals surface area contributed by atoms with Crippen LogP contribution in [-0.4, -0.2) is 11.5 Å². The normalized spacial score (nSPS) is 17.3. The Labute approximate surface area is 66.5 Å². The van der Waals surface area contributed by atoms with Gasteiger partial charge in [-0.1, -0.05) is 6.08 Å². The molecule has 1 aliphatic rings. The van der Waals surface area contributed by atoms with Crippen molar-refractivity contribution in [3.05, 3.63) is 30.6 Å². The van der Waals surface area contributed by atoms with Crippen molar-refractivity contribution in [2.24, 2.45) is 0 Å². The van der Waals surface area contributed by atoms with Gasteiger partial charge < -0.3 is 9.88 Å². The van der Waals surface area contributed by atoms with Crippen molar-refractivity contribution in [3.8, 4) is 0 Å². The fourth-order valence-corrected chi connectivity index (χ4v) is 1.36. The molecule has 0 fully saturated rings. The van der Waals surface area contributed by atoms with E-state index in [1.165, 1.54) is 18.7 Å². The number of aromatic amines is 1. The van der Waals surface area contributed by atoms with E-state index in [1.54, 1.807) is 0 Å². The Hall–Kier alpha value is -1.18. The largest absolute Gasteiger partial charge is 0.348 e. The third-order valence-corrected chi connectivity index (χ3v) is 1.95. The summed E-state index contributed by atoms with van der Waals surface area (Å²) >= 11 is 0. The van der Waals surface area contributed by atoms with Crippen LogP contribution in [0.25, 0.3) is 0 Å². The Morgan fingerprint density at radius 3 is 3.09 bits per heavy atom. The lowest BCUT2D eigenvalue weighted by molar-refractivity contribution is 0.780. The first-order valence-electron chi connectivity index (χ1n) is 4.03. The summed E-state index contributed by atoms with van der Waals surface area (Å²) in [7, 11) is 0. The van der Waals surface area contributed by atoms with Crippen LogP contribution in [0.3, 0.4) is 0 Å². The van der Waals surface area contributed by atoms with Gasteiger partial charge in [0.2, 0.25) is 0 Å². The Bertz CT molecular complexity index is 236. The van der Waals surface area contributed by atoms with Crippen LogP contribution in [-0.2, 0) is 0 Å². The van der Waals surface area contributed by atoms with E-state index in [4.69, 9.17) is 0 Å². The van der Waals surface area contributed by atoms with Gasteiger partial charge in [-0.05, 0) is 25.0 Å². The van der Waals surface area contributed by atoms with Crippen LogP contribution >= 0.6 is 0 Å². The van der Waals surface area contributed by atoms with Gasteiger partial charge in [-0.25, -0.2) is 0 Å². The molecule has 1 aromatic heterocycles. The predicted octanol–water partition coefficient (Wildman–Crippen LogP) is 2.13. The number of rotatable bonds is 1. The molecule has 1 N–H and O–H groups in total. The van der Waals surface area contributed by atoms with Crippen LogP contribution < -0.4 is 4.90 Å². The van der Waals surface area contributed by atoms with E-state index in [0.717, 1.165) is 6.54 Å². The van der Waals surface area contributed by atoms with Crippen LogP contribution in [0.5, 0.6) is 0 Å². The van der Waals surface area contributed by atoms with E-state index in [-0.39, 0.29) is 0 Å². The molecule has 2 nitrogen and oxygen atoms in total. The van der Waals surface area contributed by atoms with Crippen LogP contribution in [0.4, 0.5) is 5.82 Å². The molecule has 1 aliphatic heterocycles. The summed E-state index contributed by atoms with van der Waals surface area (Å²) in [6, 6.07) is 4.12. The zero-order valence-corrected chi connectivity index (χ0v) is 6.46. The van der Waals surface area contributed by atoms with Gasteiger partial charge in [-0.3, -0.25) is 0 Å². The van der Waals surface area contributed by atoms with Crippen LogP contribution in [0, 0.1) is 0 Å². The molecule has 2 heteroatoms. The molecule has 58 valence electrons. The Balaban J connectivity index is 2.16. The number of hydrogen-bond donors (Lipinski definition) is 1. The number of allylic oxidation sites excluding steroid dienone is 1. The van der Waals surface area contributed by atoms with Crippen molar-refractivity contribution in [2.75, 3.05) is 11.4 Å². The van der Waals surface area contributed by atoms with Crippen molar-refractivity contribution in [1.29, 1.82) is 0 Å². The minimum Gasteiger partial charge on any atom is -0.348 e. The second-order valence-electron chi connectivity index (χ2n) is 2.78. The van der Waals surface area contributed by atoms with Crippen molar-refractivity contribution in [1.82, 2.24) is 4.98 Å². The first-order valence-corrected chi connectivity index (χ1v) is 4.03. The van der Waals surface area contributed by atoms with Gasteiger partial charge in [0.05, 0.1) is 0 Å². The third-order valence-electron chi connectivity index (χ3n) is 1.95. The molecule has 0 aromatic carbocycles. The molecule has 2 heterocycles. The molecule has 0 bridgehead atoms. The van der Waals surface area contributed by atoms with E-state index in [0.29, 0.717) is 0 Å². The summed E-state index contributed by atoms with van der Waals surface area (Å²) in [5, 5.41) is 0. The molecule has 0 saturated carbocycles. The summed E-state index contributed by atoms with van der Waals surface area (Å²) in [5.74, 6) is 1.20. The van der Waals surface area contributed by atoms with Gasteiger partial charge in [-0.2, -0.15) is 0 Å². The number of nitrogens with zero attached hydrogens (tertiary/aromatic N) is 1. The van der Waals surface area contributed by atoms with Crippen LogP contribution in [0.1, 0.15) is 12.8 Å². The molecule has 0 aliphatic carbocycles. The second kappa shape index (κ2) is 2.82. The molecule has 0 spiro atoms. The maximum Gasteiger partial charge on any atom is 0.109 e. The maximum absolute atomic E-state index is 3.18. The Morgan fingerprint density at radius 2 is 2.45 bits per heavy atom. The number of H-pyrrole nitrogens is 1. The summed E-state index contributed by atoms with van der Waals surface area (Å²) < 4.78 is 0. The summed E-state index contributed by atoms with van der Waals surface area (Å²) in [5.41, 5.74) is 0. The molecule has 0 radical (unpaired) electrons. The lowest BCUT2D eigenvalue weighted by Gasteiger charge is -2.21. The van der Waals surface area contributed by atoms with Gasteiger partial charge in [0.25, 0.3) is 0 Å². The highest BCUT2D eigenvalue weighted by Crippen LogP contribution is 2.15. The molecule has 0 atom stereocenters. The fourth-order valence-electron chi connectivity index (χ4n) is 1.36. The molecular weight excluding hydrogens is 136 g/mol. The predicted molar refractivity (Wildman–Crippen MR) is 46.5 cm³/mol. The summed E-state index contributed by atoms with van der Waals surface area (Å²) in [6.07, 6.45) is 8.80. The monoisotopic (exact) mass is 148 g/mol. The molecule has 11 heavy (non-hydrogen) atoms. The topological polar surface area (TPSA) is 19.0 Å². The molecule has 0 amide bonds. The second-order valence-corrected chi connectivity index (χ2v) is 2.78. The maximum atomic E-state index is 3.18. The van der Waals surface area contributed by atoms with Gasteiger partial charge in [0.15, 0.2) is 0 Å². The highest BCUT2D eigenvalue weighted by molar-refractivity contribution is 5.42. The zero-order chi connectivity index (χ0) is 7.52. The highest BCUT2D eigenvalue weighted by Gasteiger charge is 2.04.